The number of H-pyrrole nitrogens is 1. The van der Waals surface area contributed by atoms with E-state index in [1.165, 1.54) is 40.6 Å². The van der Waals surface area contributed by atoms with Crippen LogP contribution >= 0.6 is 0 Å². The highest BCUT2D eigenvalue weighted by atomic mass is 14.7. The van der Waals surface area contributed by atoms with Crippen LogP contribution in [0.15, 0.2) is 24.3 Å². The zero-order valence-electron chi connectivity index (χ0n) is 8.30. The van der Waals surface area contributed by atoms with Gasteiger partial charge in [0.25, 0.3) is 0 Å². The van der Waals surface area contributed by atoms with Crippen molar-refractivity contribution in [1.29, 1.82) is 0 Å². The predicted octanol–water partition coefficient (Wildman–Crippen LogP) is 3.44. The van der Waals surface area contributed by atoms with Crippen LogP contribution in [-0.2, 0) is 6.42 Å². The molecule has 1 aromatic heterocycles. The molecule has 1 heterocycles. The zero-order chi connectivity index (χ0) is 9.54. The van der Waals surface area contributed by atoms with Crippen molar-refractivity contribution < 1.29 is 0 Å². The molecule has 0 saturated carbocycles. The minimum Gasteiger partial charge on any atom is -0.355 e. The molecule has 1 aliphatic carbocycles. The third kappa shape index (κ3) is 1.02. The van der Waals surface area contributed by atoms with E-state index in [0.29, 0.717) is 0 Å². The second-order valence-corrected chi connectivity index (χ2v) is 4.01. The molecule has 0 saturated heterocycles. The molecule has 0 atom stereocenters. The minimum absolute atomic E-state index is 1.17. The average molecular weight is 183 g/mol. The van der Waals surface area contributed by atoms with E-state index < -0.39 is 0 Å². The summed E-state index contributed by atoms with van der Waals surface area (Å²) in [7, 11) is 0. The quantitative estimate of drug-likeness (QED) is 0.644. The largest absolute Gasteiger partial charge is 0.355 e. The molecule has 14 heavy (non-hydrogen) atoms. The van der Waals surface area contributed by atoms with E-state index in [0.717, 1.165) is 0 Å². The summed E-state index contributed by atoms with van der Waals surface area (Å²) in [5, 5.41) is 1.41. The second-order valence-electron chi connectivity index (χ2n) is 4.01. The lowest BCUT2D eigenvalue weighted by molar-refractivity contribution is 0.992. The number of rotatable bonds is 0. The highest BCUT2D eigenvalue weighted by Crippen LogP contribution is 2.28. The summed E-state index contributed by atoms with van der Waals surface area (Å²) in [6, 6.07) is 6.62. The molecule has 0 amide bonds. The number of hydrogen-bond acceptors (Lipinski definition) is 0. The first-order valence-electron chi connectivity index (χ1n) is 5.12. The van der Waals surface area contributed by atoms with E-state index in [-0.39, 0.29) is 0 Å². The normalized spacial score (nSPS) is 14.6. The van der Waals surface area contributed by atoms with Crippen LogP contribution in [0.4, 0.5) is 0 Å². The number of allylic oxidation sites excluding steroid dienone is 1. The maximum atomic E-state index is 3.46. The zero-order valence-corrected chi connectivity index (χ0v) is 8.30. The predicted molar refractivity (Wildman–Crippen MR) is 60.4 cm³/mol. The smallest absolute Gasteiger partial charge is 0.0461 e. The van der Waals surface area contributed by atoms with Crippen LogP contribution in [0.2, 0.25) is 0 Å². The molecule has 3 rings (SSSR count). The Bertz CT molecular complexity index is 517. The van der Waals surface area contributed by atoms with Gasteiger partial charge in [-0.05, 0) is 43.5 Å². The van der Waals surface area contributed by atoms with Gasteiger partial charge in [0.05, 0.1) is 0 Å². The van der Waals surface area contributed by atoms with Crippen LogP contribution in [0, 0.1) is 6.92 Å². The van der Waals surface area contributed by atoms with Gasteiger partial charge >= 0.3 is 0 Å². The number of aromatic nitrogens is 1. The Morgan fingerprint density at radius 2 is 2.21 bits per heavy atom. The van der Waals surface area contributed by atoms with Gasteiger partial charge in [0.2, 0.25) is 0 Å². The fourth-order valence-electron chi connectivity index (χ4n) is 2.22. The van der Waals surface area contributed by atoms with E-state index >= 15 is 0 Å². The van der Waals surface area contributed by atoms with E-state index in [4.69, 9.17) is 0 Å². The Labute approximate surface area is 83.5 Å². The summed E-state index contributed by atoms with van der Waals surface area (Å²) in [5.41, 5.74) is 5.41. The number of fused-ring (bicyclic) bond motifs is 3. The second kappa shape index (κ2) is 2.74. The van der Waals surface area contributed by atoms with Crippen LogP contribution in [0.25, 0.3) is 17.0 Å². The monoisotopic (exact) mass is 183 g/mol. The van der Waals surface area contributed by atoms with Gasteiger partial charge in [-0.1, -0.05) is 17.7 Å². The SMILES string of the molecule is Cc1ccc2[nH]c3c(c2c1)CCC=C3. The lowest BCUT2D eigenvalue weighted by atomic mass is 10.0. The molecule has 2 aromatic rings. The average Bonchev–Trinajstić information content (AvgIpc) is 2.56. The molecule has 0 radical (unpaired) electrons. The first-order chi connectivity index (χ1) is 6.84. The number of benzene rings is 1. The maximum Gasteiger partial charge on any atom is 0.0461 e. The first kappa shape index (κ1) is 7.86. The summed E-state index contributed by atoms with van der Waals surface area (Å²) in [6.45, 7) is 2.15. The molecule has 0 spiro atoms. The molecule has 1 N–H and O–H groups in total. The number of hydrogen-bond donors (Lipinski definition) is 1. The van der Waals surface area contributed by atoms with Crippen LogP contribution in [0.1, 0.15) is 23.2 Å². The van der Waals surface area contributed by atoms with Crippen molar-refractivity contribution in [2.75, 3.05) is 0 Å². The highest BCUT2D eigenvalue weighted by Gasteiger charge is 2.11. The molecule has 1 nitrogen and oxygen atoms in total. The van der Waals surface area contributed by atoms with E-state index in [1.54, 1.807) is 0 Å². The summed E-state index contributed by atoms with van der Waals surface area (Å²) >= 11 is 0. The van der Waals surface area contributed by atoms with Crippen molar-refractivity contribution in [3.63, 3.8) is 0 Å². The van der Waals surface area contributed by atoms with Gasteiger partial charge in [0.15, 0.2) is 0 Å². The Morgan fingerprint density at radius 3 is 3.14 bits per heavy atom. The molecule has 0 fully saturated rings. The van der Waals surface area contributed by atoms with Crippen molar-refractivity contribution in [1.82, 2.24) is 4.98 Å². The summed E-state index contributed by atoms with van der Waals surface area (Å²) in [6.07, 6.45) is 6.79. The van der Waals surface area contributed by atoms with Crippen molar-refractivity contribution in [2.45, 2.75) is 19.8 Å². The van der Waals surface area contributed by atoms with E-state index in [2.05, 4.69) is 42.3 Å². The summed E-state index contributed by atoms with van der Waals surface area (Å²) < 4.78 is 0. The highest BCUT2D eigenvalue weighted by molar-refractivity contribution is 5.88. The lowest BCUT2D eigenvalue weighted by Crippen LogP contribution is -1.90. The molecule has 0 aliphatic heterocycles. The topological polar surface area (TPSA) is 15.8 Å². The lowest BCUT2D eigenvalue weighted by Gasteiger charge is -2.04. The Hall–Kier alpha value is -1.50. The van der Waals surface area contributed by atoms with Gasteiger partial charge in [0, 0.05) is 16.6 Å². The Balaban J connectivity index is 2.39. The standard InChI is InChI=1S/C13H13N/c1-9-6-7-13-11(8-9)10-4-2-3-5-12(10)14-13/h3,5-8,14H,2,4H2,1H3. The van der Waals surface area contributed by atoms with Crippen molar-refractivity contribution >= 4 is 17.0 Å². The van der Waals surface area contributed by atoms with Gasteiger partial charge in [0.1, 0.15) is 0 Å². The molecule has 1 aliphatic rings. The van der Waals surface area contributed by atoms with Gasteiger partial charge in [-0.15, -0.1) is 0 Å². The molecule has 70 valence electrons. The van der Waals surface area contributed by atoms with Crippen LogP contribution < -0.4 is 0 Å². The Morgan fingerprint density at radius 1 is 1.29 bits per heavy atom. The van der Waals surface area contributed by atoms with E-state index in [1.807, 2.05) is 0 Å². The molecular weight excluding hydrogens is 170 g/mol. The van der Waals surface area contributed by atoms with Gasteiger partial charge in [-0.25, -0.2) is 0 Å². The number of aromatic amines is 1. The number of aryl methyl sites for hydroxylation is 2. The molecule has 1 aromatic carbocycles. The minimum atomic E-state index is 1.17. The van der Waals surface area contributed by atoms with Gasteiger partial charge < -0.3 is 4.98 Å². The van der Waals surface area contributed by atoms with Crippen molar-refractivity contribution in [3.05, 3.63) is 41.1 Å². The summed E-state index contributed by atoms with van der Waals surface area (Å²) in [5.74, 6) is 0. The van der Waals surface area contributed by atoms with Crippen molar-refractivity contribution in [3.8, 4) is 0 Å². The molecule has 0 unspecified atom stereocenters. The van der Waals surface area contributed by atoms with Crippen molar-refractivity contribution in [2.24, 2.45) is 0 Å². The van der Waals surface area contributed by atoms with Crippen LogP contribution in [0.5, 0.6) is 0 Å². The summed E-state index contributed by atoms with van der Waals surface area (Å²) in [4.78, 5) is 3.46. The van der Waals surface area contributed by atoms with Gasteiger partial charge in [-0.2, -0.15) is 0 Å². The third-order valence-corrected chi connectivity index (χ3v) is 2.94. The molecule has 1 heteroatoms. The van der Waals surface area contributed by atoms with E-state index in [9.17, 15) is 0 Å². The Kier molecular flexibility index (Phi) is 1.54. The molecule has 0 bridgehead atoms. The third-order valence-electron chi connectivity index (χ3n) is 2.94. The fraction of sp³-hybridized carbons (Fsp3) is 0.231. The van der Waals surface area contributed by atoms with Crippen LogP contribution in [-0.4, -0.2) is 4.98 Å². The van der Waals surface area contributed by atoms with Gasteiger partial charge in [-0.3, -0.25) is 0 Å². The maximum absolute atomic E-state index is 3.46. The molecular formula is C13H13N. The van der Waals surface area contributed by atoms with Crippen LogP contribution in [0.3, 0.4) is 0 Å². The number of nitrogens with one attached hydrogen (secondary N) is 1. The fourth-order valence-corrected chi connectivity index (χ4v) is 2.22. The first-order valence-corrected chi connectivity index (χ1v) is 5.12.